The molecule has 1 atom stereocenters. The summed E-state index contributed by atoms with van der Waals surface area (Å²) in [6.45, 7) is 8.55. The smallest absolute Gasteiger partial charge is 0.263 e. The van der Waals surface area contributed by atoms with Crippen LogP contribution in [0.5, 0.6) is 0 Å². The Morgan fingerprint density at radius 1 is 1.18 bits per heavy atom. The number of hydrogen-bond donors (Lipinski definition) is 0. The largest absolute Gasteiger partial charge is 0.332 e. The van der Waals surface area contributed by atoms with Gasteiger partial charge in [-0.2, -0.15) is 5.10 Å². The van der Waals surface area contributed by atoms with Crippen LogP contribution in [0.4, 0.5) is 0 Å². The highest BCUT2D eigenvalue weighted by Gasteiger charge is 2.33. The molecule has 1 amide bonds. The number of amides is 1. The van der Waals surface area contributed by atoms with Gasteiger partial charge in [-0.1, -0.05) is 29.8 Å². The lowest BCUT2D eigenvalue weighted by molar-refractivity contribution is 0.0651. The van der Waals surface area contributed by atoms with Crippen molar-refractivity contribution in [2.75, 3.05) is 0 Å². The molecule has 5 aromatic rings. The van der Waals surface area contributed by atoms with E-state index in [1.165, 1.54) is 0 Å². The first-order chi connectivity index (χ1) is 18.6. The number of hydrogen-bond acceptors (Lipinski definition) is 5. The number of pyridine rings is 1. The number of aryl methyl sites for hydroxylation is 2. The van der Waals surface area contributed by atoms with Gasteiger partial charge in [0.05, 0.1) is 42.0 Å². The lowest BCUT2D eigenvalue weighted by Gasteiger charge is -2.35. The summed E-state index contributed by atoms with van der Waals surface area (Å²) in [7, 11) is 1.92. The molecule has 39 heavy (non-hydrogen) atoms. The minimum Gasteiger partial charge on any atom is -0.332 e. The molecule has 0 saturated heterocycles. The van der Waals surface area contributed by atoms with Crippen LogP contribution >= 0.6 is 15.9 Å². The van der Waals surface area contributed by atoms with Gasteiger partial charge in [0, 0.05) is 40.3 Å². The Labute approximate surface area is 234 Å². The molecule has 1 aromatic carbocycles. The molecule has 1 aliphatic rings. The van der Waals surface area contributed by atoms with Gasteiger partial charge in [0.15, 0.2) is 0 Å². The number of carbonyl (C=O) groups is 1. The predicted molar refractivity (Wildman–Crippen MR) is 153 cm³/mol. The Bertz CT molecular complexity index is 1830. The summed E-state index contributed by atoms with van der Waals surface area (Å²) in [5.74, 6) is 0.821. The highest BCUT2D eigenvalue weighted by atomic mass is 79.9. The minimum atomic E-state index is -0.163. The zero-order valence-electron chi connectivity index (χ0n) is 22.6. The molecule has 9 nitrogen and oxygen atoms in total. The first-order valence-electron chi connectivity index (χ1n) is 13.1. The highest BCUT2D eigenvalue weighted by Crippen LogP contribution is 2.28. The van der Waals surface area contributed by atoms with Crippen molar-refractivity contribution in [3.05, 3.63) is 85.8 Å². The quantitative estimate of drug-likeness (QED) is 0.306. The van der Waals surface area contributed by atoms with Crippen LogP contribution in [0.2, 0.25) is 0 Å². The van der Waals surface area contributed by atoms with E-state index < -0.39 is 0 Å². The average Bonchev–Trinajstić information content (AvgIpc) is 3.48. The molecule has 0 aliphatic carbocycles. The van der Waals surface area contributed by atoms with Gasteiger partial charge >= 0.3 is 0 Å². The molecule has 4 aromatic heterocycles. The number of benzene rings is 1. The van der Waals surface area contributed by atoms with Crippen molar-refractivity contribution < 1.29 is 4.79 Å². The van der Waals surface area contributed by atoms with E-state index in [0.29, 0.717) is 41.5 Å². The second kappa shape index (κ2) is 9.44. The topological polar surface area (TPSA) is 90.3 Å². The van der Waals surface area contributed by atoms with Crippen LogP contribution in [-0.2, 0) is 26.4 Å². The van der Waals surface area contributed by atoms with Crippen LogP contribution in [-0.4, -0.2) is 45.6 Å². The van der Waals surface area contributed by atoms with E-state index in [1.807, 2.05) is 65.3 Å². The Hall–Kier alpha value is -3.79. The number of aromatic nitrogens is 6. The molecule has 0 spiro atoms. The molecular weight excluding hydrogens is 558 g/mol. The molecule has 0 fully saturated rings. The monoisotopic (exact) mass is 587 g/mol. The van der Waals surface area contributed by atoms with Crippen molar-refractivity contribution in [2.45, 2.75) is 53.1 Å². The van der Waals surface area contributed by atoms with Gasteiger partial charge in [0.2, 0.25) is 0 Å². The summed E-state index contributed by atoms with van der Waals surface area (Å²) in [5.41, 5.74) is 6.23. The highest BCUT2D eigenvalue weighted by molar-refractivity contribution is 9.10. The molecule has 6 rings (SSSR count). The molecule has 1 unspecified atom stereocenters. The van der Waals surface area contributed by atoms with Crippen LogP contribution in [0.1, 0.15) is 53.5 Å². The summed E-state index contributed by atoms with van der Waals surface area (Å²) < 4.78 is 6.39. The van der Waals surface area contributed by atoms with Gasteiger partial charge in [-0.05, 0) is 56.4 Å². The van der Waals surface area contributed by atoms with Gasteiger partial charge < -0.3 is 9.47 Å². The number of nitrogens with zero attached hydrogens (tertiary/aromatic N) is 7. The molecule has 0 saturated carbocycles. The Kier molecular flexibility index (Phi) is 6.17. The third-order valence-corrected chi connectivity index (χ3v) is 8.46. The van der Waals surface area contributed by atoms with E-state index in [4.69, 9.17) is 5.10 Å². The maximum Gasteiger partial charge on any atom is 0.263 e. The second-order valence-corrected chi connectivity index (χ2v) is 11.8. The van der Waals surface area contributed by atoms with Crippen LogP contribution in [0.25, 0.3) is 22.5 Å². The van der Waals surface area contributed by atoms with Crippen molar-refractivity contribution in [2.24, 2.45) is 13.0 Å². The van der Waals surface area contributed by atoms with Crippen LogP contribution in [0.3, 0.4) is 0 Å². The third-order valence-electron chi connectivity index (χ3n) is 7.57. The first-order valence-corrected chi connectivity index (χ1v) is 13.9. The summed E-state index contributed by atoms with van der Waals surface area (Å²) in [5, 5.41) is 4.76. The van der Waals surface area contributed by atoms with Crippen molar-refractivity contribution >= 4 is 38.5 Å². The normalized spacial score (nSPS) is 15.5. The van der Waals surface area contributed by atoms with E-state index in [2.05, 4.69) is 39.7 Å². The van der Waals surface area contributed by atoms with Gasteiger partial charge in [-0.25, -0.2) is 19.1 Å². The third kappa shape index (κ3) is 4.17. The predicted octanol–water partition coefficient (Wildman–Crippen LogP) is 4.62. The van der Waals surface area contributed by atoms with E-state index >= 15 is 0 Å². The fourth-order valence-electron chi connectivity index (χ4n) is 5.53. The molecule has 10 heteroatoms. The zero-order chi connectivity index (χ0) is 27.6. The van der Waals surface area contributed by atoms with E-state index in [9.17, 15) is 9.59 Å². The molecule has 0 radical (unpaired) electrons. The number of halogens is 1. The zero-order valence-corrected chi connectivity index (χ0v) is 24.2. The van der Waals surface area contributed by atoms with Gasteiger partial charge in [0.1, 0.15) is 11.5 Å². The number of rotatable bonds is 4. The minimum absolute atomic E-state index is 0.0575. The summed E-state index contributed by atoms with van der Waals surface area (Å²) >= 11 is 3.52. The number of fused-ring (bicyclic) bond motifs is 4. The molecular formula is C29H30BrN7O2. The van der Waals surface area contributed by atoms with Crippen LogP contribution in [0, 0.1) is 12.8 Å². The summed E-state index contributed by atoms with van der Waals surface area (Å²) in [6.07, 6.45) is 6.51. The Morgan fingerprint density at radius 2 is 1.97 bits per heavy atom. The molecule has 1 aliphatic heterocycles. The lowest BCUT2D eigenvalue weighted by Crippen LogP contribution is -2.46. The molecule has 0 bridgehead atoms. The average molecular weight is 589 g/mol. The van der Waals surface area contributed by atoms with E-state index in [1.54, 1.807) is 17.1 Å². The second-order valence-electron chi connectivity index (χ2n) is 10.9. The SMILES string of the molecule is Cc1cc(C(=O)N2Cc3c(c(=O)n(-c4cc5ncn(C)c5cn4)c4c(CC(C)C)cnn34)CC2C)ccc1Br. The van der Waals surface area contributed by atoms with Crippen LogP contribution < -0.4 is 5.56 Å². The van der Waals surface area contributed by atoms with Crippen molar-refractivity contribution in [3.63, 3.8) is 0 Å². The Balaban J connectivity index is 1.53. The van der Waals surface area contributed by atoms with E-state index in [0.717, 1.165) is 38.7 Å². The Morgan fingerprint density at radius 3 is 2.72 bits per heavy atom. The number of imidazole rings is 1. The van der Waals surface area contributed by atoms with Crippen molar-refractivity contribution in [3.8, 4) is 5.82 Å². The molecule has 200 valence electrons. The maximum absolute atomic E-state index is 14.2. The van der Waals surface area contributed by atoms with Crippen molar-refractivity contribution in [1.82, 2.24) is 33.6 Å². The first kappa shape index (κ1) is 25.5. The van der Waals surface area contributed by atoms with Gasteiger partial charge in [-0.3, -0.25) is 9.59 Å². The lowest BCUT2D eigenvalue weighted by atomic mass is 9.98. The van der Waals surface area contributed by atoms with Gasteiger partial charge in [-0.15, -0.1) is 0 Å². The molecule has 0 N–H and O–H groups in total. The molecule has 5 heterocycles. The number of carbonyl (C=O) groups excluding carboxylic acids is 1. The van der Waals surface area contributed by atoms with Crippen LogP contribution in [0.15, 0.2) is 52.3 Å². The summed E-state index contributed by atoms with van der Waals surface area (Å²) in [4.78, 5) is 38.9. The van der Waals surface area contributed by atoms with E-state index in [-0.39, 0.29) is 17.5 Å². The van der Waals surface area contributed by atoms with Crippen molar-refractivity contribution in [1.29, 1.82) is 0 Å². The van der Waals surface area contributed by atoms with Gasteiger partial charge in [0.25, 0.3) is 11.5 Å². The fraction of sp³-hybridized carbons (Fsp3) is 0.345. The maximum atomic E-state index is 14.2. The standard InChI is InChI=1S/C29H30BrN7O2/c1-16(2)8-20-12-33-37-25-14-35(28(38)19-6-7-22(30)17(3)9-19)18(4)10-21(25)29(39)36(27(20)37)26-11-23-24(13-31-26)34(5)15-32-23/h6-7,9,11-13,15-16,18H,8,10,14H2,1-5H3. The summed E-state index contributed by atoms with van der Waals surface area (Å²) in [6, 6.07) is 7.33. The fourth-order valence-corrected chi connectivity index (χ4v) is 5.78.